The van der Waals surface area contributed by atoms with Crippen LogP contribution in [0.25, 0.3) is 6.08 Å². The first-order valence-electron chi connectivity index (χ1n) is 9.79. The zero-order chi connectivity index (χ0) is 23.5. The summed E-state index contributed by atoms with van der Waals surface area (Å²) < 4.78 is 40.3. The molecule has 0 N–H and O–H groups in total. The minimum absolute atomic E-state index is 0.0653. The third-order valence-electron chi connectivity index (χ3n) is 4.90. The number of halogens is 1. The van der Waals surface area contributed by atoms with Crippen molar-refractivity contribution in [3.05, 3.63) is 82.9 Å². The van der Waals surface area contributed by atoms with Gasteiger partial charge in [-0.25, -0.2) is 9.18 Å². The van der Waals surface area contributed by atoms with Crippen LogP contribution in [0.15, 0.2) is 60.4 Å². The van der Waals surface area contributed by atoms with Crippen LogP contribution in [0.4, 0.5) is 4.39 Å². The van der Waals surface area contributed by atoms with Crippen LogP contribution in [0.1, 0.15) is 26.3 Å². The SMILES string of the molecule is COc1cc(/C=C2\Oc3cc(OC(=O)c4cccc(F)c4)ccc3C2=O)cc(OC)c1OC. The minimum Gasteiger partial charge on any atom is -0.493 e. The largest absolute Gasteiger partial charge is 0.493 e. The molecule has 0 fully saturated rings. The van der Waals surface area contributed by atoms with E-state index in [4.69, 9.17) is 23.7 Å². The quantitative estimate of drug-likeness (QED) is 0.306. The smallest absolute Gasteiger partial charge is 0.343 e. The van der Waals surface area contributed by atoms with E-state index in [1.807, 2.05) is 0 Å². The first kappa shape index (κ1) is 21.9. The lowest BCUT2D eigenvalue weighted by Crippen LogP contribution is -2.08. The number of carbonyl (C=O) groups is 2. The van der Waals surface area contributed by atoms with E-state index in [0.717, 1.165) is 6.07 Å². The van der Waals surface area contributed by atoms with Crippen molar-refractivity contribution >= 4 is 17.8 Å². The van der Waals surface area contributed by atoms with Crippen LogP contribution in [0.5, 0.6) is 28.7 Å². The fourth-order valence-corrected chi connectivity index (χ4v) is 3.35. The second kappa shape index (κ2) is 9.04. The van der Waals surface area contributed by atoms with Gasteiger partial charge in [0.2, 0.25) is 11.5 Å². The Morgan fingerprint density at radius 1 is 0.939 bits per heavy atom. The fraction of sp³-hybridized carbons (Fsp3) is 0.120. The number of rotatable bonds is 6. The maximum Gasteiger partial charge on any atom is 0.343 e. The average Bonchev–Trinajstić information content (AvgIpc) is 3.12. The van der Waals surface area contributed by atoms with Crippen molar-refractivity contribution in [3.8, 4) is 28.7 Å². The highest BCUT2D eigenvalue weighted by Crippen LogP contribution is 2.40. The van der Waals surface area contributed by atoms with Crippen molar-refractivity contribution in [2.24, 2.45) is 0 Å². The van der Waals surface area contributed by atoms with Gasteiger partial charge in [-0.3, -0.25) is 4.79 Å². The maximum atomic E-state index is 13.4. The van der Waals surface area contributed by atoms with E-state index in [0.29, 0.717) is 28.4 Å². The van der Waals surface area contributed by atoms with Crippen LogP contribution in [-0.4, -0.2) is 33.1 Å². The lowest BCUT2D eigenvalue weighted by molar-refractivity contribution is 0.0734. The molecule has 33 heavy (non-hydrogen) atoms. The topological polar surface area (TPSA) is 80.3 Å². The molecule has 0 unspecified atom stereocenters. The summed E-state index contributed by atoms with van der Waals surface area (Å²) in [5.41, 5.74) is 0.980. The molecule has 8 heteroatoms. The molecule has 0 saturated carbocycles. The molecule has 0 aromatic heterocycles. The van der Waals surface area contributed by atoms with E-state index in [-0.39, 0.29) is 28.6 Å². The molecule has 7 nitrogen and oxygen atoms in total. The molecule has 0 saturated heterocycles. The van der Waals surface area contributed by atoms with Crippen LogP contribution in [0.2, 0.25) is 0 Å². The standard InChI is InChI=1S/C25H19FO7/c1-29-21-10-14(11-22(30-2)24(21)31-3)9-20-23(27)18-8-7-17(13-19(18)33-20)32-25(28)15-5-4-6-16(26)12-15/h4-13H,1-3H3/b20-9-. The second-order valence-electron chi connectivity index (χ2n) is 6.96. The highest BCUT2D eigenvalue weighted by molar-refractivity contribution is 6.14. The molecule has 4 rings (SSSR count). The summed E-state index contributed by atoms with van der Waals surface area (Å²) in [6, 6.07) is 12.9. The van der Waals surface area contributed by atoms with Gasteiger partial charge in [0.1, 0.15) is 17.3 Å². The number of allylic oxidation sites excluding steroid dienone is 1. The molecule has 168 valence electrons. The molecule has 1 aliphatic rings. The Morgan fingerprint density at radius 2 is 1.67 bits per heavy atom. The number of ketones is 1. The van der Waals surface area contributed by atoms with Crippen molar-refractivity contribution in [1.29, 1.82) is 0 Å². The zero-order valence-electron chi connectivity index (χ0n) is 18.0. The first-order chi connectivity index (χ1) is 15.9. The summed E-state index contributed by atoms with van der Waals surface area (Å²) in [4.78, 5) is 25.1. The summed E-state index contributed by atoms with van der Waals surface area (Å²) in [5.74, 6) is 0.147. The Balaban J connectivity index is 1.59. The number of methoxy groups -OCH3 is 3. The summed E-state index contributed by atoms with van der Waals surface area (Å²) >= 11 is 0. The van der Waals surface area contributed by atoms with Crippen molar-refractivity contribution in [2.45, 2.75) is 0 Å². The van der Waals surface area contributed by atoms with E-state index >= 15 is 0 Å². The highest BCUT2D eigenvalue weighted by Gasteiger charge is 2.28. The number of hydrogen-bond donors (Lipinski definition) is 0. The number of esters is 1. The van der Waals surface area contributed by atoms with Gasteiger partial charge < -0.3 is 23.7 Å². The zero-order valence-corrected chi connectivity index (χ0v) is 18.0. The van der Waals surface area contributed by atoms with Crippen LogP contribution in [0.3, 0.4) is 0 Å². The number of Topliss-reactive ketones (excluding diaryl/α,β-unsaturated/α-hetero) is 1. The van der Waals surface area contributed by atoms with Crippen molar-refractivity contribution in [1.82, 2.24) is 0 Å². The highest BCUT2D eigenvalue weighted by atomic mass is 19.1. The monoisotopic (exact) mass is 450 g/mol. The van der Waals surface area contributed by atoms with E-state index in [9.17, 15) is 14.0 Å². The molecule has 0 bridgehead atoms. The molecule has 1 aliphatic heterocycles. The van der Waals surface area contributed by atoms with Gasteiger partial charge in [0.25, 0.3) is 0 Å². The number of hydrogen-bond acceptors (Lipinski definition) is 7. The third kappa shape index (κ3) is 4.36. The molecule has 1 heterocycles. The van der Waals surface area contributed by atoms with Crippen LogP contribution in [0, 0.1) is 5.82 Å². The second-order valence-corrected chi connectivity index (χ2v) is 6.96. The Morgan fingerprint density at radius 3 is 2.30 bits per heavy atom. The summed E-state index contributed by atoms with van der Waals surface area (Å²) in [6.07, 6.45) is 1.55. The molecule has 0 amide bonds. The summed E-state index contributed by atoms with van der Waals surface area (Å²) in [6.45, 7) is 0. The van der Waals surface area contributed by atoms with E-state index in [1.165, 1.54) is 57.7 Å². The molecule has 0 aliphatic carbocycles. The third-order valence-corrected chi connectivity index (χ3v) is 4.90. The Kier molecular flexibility index (Phi) is 5.99. The van der Waals surface area contributed by atoms with E-state index in [2.05, 4.69) is 0 Å². The number of fused-ring (bicyclic) bond motifs is 1. The van der Waals surface area contributed by atoms with Gasteiger partial charge in [0.05, 0.1) is 32.5 Å². The lowest BCUT2D eigenvalue weighted by Gasteiger charge is -2.13. The van der Waals surface area contributed by atoms with Gasteiger partial charge in [0, 0.05) is 6.07 Å². The molecule has 3 aromatic rings. The molecule has 0 spiro atoms. The van der Waals surface area contributed by atoms with Crippen LogP contribution < -0.4 is 23.7 Å². The minimum atomic E-state index is -0.730. The first-order valence-corrected chi connectivity index (χ1v) is 9.79. The Hall–Kier alpha value is -4.33. The maximum absolute atomic E-state index is 13.4. The number of carbonyl (C=O) groups excluding carboxylic acids is 2. The Bertz CT molecular complexity index is 1250. The molecule has 0 radical (unpaired) electrons. The molecule has 3 aromatic carbocycles. The number of ether oxygens (including phenoxy) is 5. The van der Waals surface area contributed by atoms with Crippen molar-refractivity contribution < 1.29 is 37.7 Å². The van der Waals surface area contributed by atoms with Gasteiger partial charge in [-0.05, 0) is 54.1 Å². The van der Waals surface area contributed by atoms with Crippen molar-refractivity contribution in [3.63, 3.8) is 0 Å². The van der Waals surface area contributed by atoms with E-state index in [1.54, 1.807) is 18.2 Å². The van der Waals surface area contributed by atoms with Crippen LogP contribution >= 0.6 is 0 Å². The van der Waals surface area contributed by atoms with Gasteiger partial charge >= 0.3 is 5.97 Å². The summed E-state index contributed by atoms with van der Waals surface area (Å²) in [5, 5.41) is 0. The van der Waals surface area contributed by atoms with E-state index < -0.39 is 11.8 Å². The molecule has 0 atom stereocenters. The van der Waals surface area contributed by atoms with Gasteiger partial charge in [-0.1, -0.05) is 6.07 Å². The summed E-state index contributed by atoms with van der Waals surface area (Å²) in [7, 11) is 4.49. The average molecular weight is 450 g/mol. The fourth-order valence-electron chi connectivity index (χ4n) is 3.35. The van der Waals surface area contributed by atoms with Crippen molar-refractivity contribution in [2.75, 3.05) is 21.3 Å². The van der Waals surface area contributed by atoms with Gasteiger partial charge in [-0.2, -0.15) is 0 Å². The molecular weight excluding hydrogens is 431 g/mol. The predicted octanol–water partition coefficient (Wildman–Crippen LogP) is 4.69. The van der Waals surface area contributed by atoms with Gasteiger partial charge in [-0.15, -0.1) is 0 Å². The lowest BCUT2D eigenvalue weighted by atomic mass is 10.1. The normalized spacial score (nSPS) is 13.3. The van der Waals surface area contributed by atoms with Crippen LogP contribution in [-0.2, 0) is 0 Å². The molecular formula is C25H19FO7. The van der Waals surface area contributed by atoms with Gasteiger partial charge in [0.15, 0.2) is 17.3 Å². The predicted molar refractivity (Wildman–Crippen MR) is 117 cm³/mol. The Labute approximate surface area is 188 Å². The number of benzene rings is 3.